The van der Waals surface area contributed by atoms with Crippen LogP contribution in [0.25, 0.3) is 22.2 Å². The smallest absolute Gasteiger partial charge is 0.259 e. The number of nitrogens with zero attached hydrogens (tertiary/aromatic N) is 3. The quantitative estimate of drug-likeness (QED) is 0.176. The summed E-state index contributed by atoms with van der Waals surface area (Å²) in [5.41, 5.74) is 1.58. The summed E-state index contributed by atoms with van der Waals surface area (Å²) in [7, 11) is -2.27. The van der Waals surface area contributed by atoms with E-state index in [1.54, 1.807) is 18.1 Å². The zero-order valence-corrected chi connectivity index (χ0v) is 32.2. The Kier molecular flexibility index (Phi) is 10.3. The zero-order chi connectivity index (χ0) is 39.0. The Morgan fingerprint density at radius 1 is 0.964 bits per heavy atom. The summed E-state index contributed by atoms with van der Waals surface area (Å²) in [5, 5.41) is 3.05. The Morgan fingerprint density at radius 2 is 1.68 bits per heavy atom. The molecule has 2 aliphatic heterocycles. The number of aromatic nitrogens is 1. The number of carbonyl (C=O) groups excluding carboxylic acids is 3. The van der Waals surface area contributed by atoms with Gasteiger partial charge in [0.2, 0.25) is 21.8 Å². The third-order valence-electron chi connectivity index (χ3n) is 11.5. The van der Waals surface area contributed by atoms with Gasteiger partial charge in [-0.3, -0.25) is 24.0 Å². The molecule has 3 amide bonds. The average molecular weight is 778 g/mol. The van der Waals surface area contributed by atoms with Crippen molar-refractivity contribution in [2.24, 2.45) is 5.92 Å². The summed E-state index contributed by atoms with van der Waals surface area (Å²) >= 11 is 0. The highest BCUT2D eigenvalue weighted by Gasteiger charge is 2.62. The lowest BCUT2D eigenvalue weighted by molar-refractivity contribution is -0.144. The molecule has 5 atom stereocenters. The number of piperidine rings is 1. The SMILES string of the molecule is C=CC1C[C@]1(NC(=O)[C@@H]1C[C@@H](Oc2cc(-c3ccccc3)nc3cc(OC)ccc23)CN1C(=O)[C@H](c1ccccc1)N1CCCCC1)C(=O)NS(=O)(=O)C1CC1. The van der Waals surface area contributed by atoms with E-state index in [2.05, 4.69) is 21.5 Å². The molecule has 2 aliphatic carbocycles. The third-order valence-corrected chi connectivity index (χ3v) is 13.4. The van der Waals surface area contributed by atoms with Crippen LogP contribution in [0.4, 0.5) is 0 Å². The molecule has 3 aromatic carbocycles. The van der Waals surface area contributed by atoms with Gasteiger partial charge in [0.1, 0.15) is 35.2 Å². The number of fused-ring (bicyclic) bond motifs is 1. The molecule has 13 heteroatoms. The molecule has 0 spiro atoms. The van der Waals surface area contributed by atoms with Crippen LogP contribution in [0.3, 0.4) is 0 Å². The van der Waals surface area contributed by atoms with Crippen molar-refractivity contribution in [1.82, 2.24) is 24.8 Å². The first-order valence-corrected chi connectivity index (χ1v) is 21.0. The van der Waals surface area contributed by atoms with E-state index in [0.717, 1.165) is 48.9 Å². The first-order chi connectivity index (χ1) is 27.1. The number of benzene rings is 3. The number of rotatable bonds is 13. The average Bonchev–Trinajstić information content (AvgIpc) is 4.15. The van der Waals surface area contributed by atoms with Gasteiger partial charge < -0.3 is 19.7 Å². The molecule has 2 N–H and O–H groups in total. The standard InChI is InChI=1S/C43H47N5O7S/c1-3-30-26-43(30,42(51)46-56(52,53)33-18-19-33)45-40(49)37-24-32(27-48(37)41(50)39(29-15-9-5-10-16-29)47-21-11-6-12-22-47)55-38-25-35(28-13-7-4-8-14-28)44-36-23-31(54-2)17-20-34(36)38/h3-5,7-10,13-17,20,23,25,30,32-33,37,39H,1,6,11-12,18-19,21-22,24,26-27H2,2H3,(H,45,49)(H,46,51)/t30?,32-,37+,39+,43-/m1/s1. The van der Waals surface area contributed by atoms with Gasteiger partial charge in [0.05, 0.1) is 30.1 Å². The second-order valence-corrected chi connectivity index (χ2v) is 17.3. The van der Waals surface area contributed by atoms with E-state index < -0.39 is 56.7 Å². The van der Waals surface area contributed by atoms with Gasteiger partial charge in [0.25, 0.3) is 5.91 Å². The predicted octanol–water partition coefficient (Wildman–Crippen LogP) is 5.16. The number of nitrogens with one attached hydrogen (secondary N) is 2. The molecule has 1 unspecified atom stereocenters. The van der Waals surface area contributed by atoms with Gasteiger partial charge in [-0.05, 0) is 62.9 Å². The van der Waals surface area contributed by atoms with Gasteiger partial charge in [0, 0.05) is 35.4 Å². The summed E-state index contributed by atoms with van der Waals surface area (Å²) in [6.45, 7) is 5.43. The highest BCUT2D eigenvalue weighted by molar-refractivity contribution is 7.91. The first kappa shape index (κ1) is 37.6. The van der Waals surface area contributed by atoms with Crippen molar-refractivity contribution in [2.75, 3.05) is 26.7 Å². The maximum absolute atomic E-state index is 15.0. The minimum atomic E-state index is -3.87. The maximum Gasteiger partial charge on any atom is 0.259 e. The normalized spacial score (nSPS) is 24.2. The van der Waals surface area contributed by atoms with Crippen molar-refractivity contribution >= 4 is 38.6 Å². The highest BCUT2D eigenvalue weighted by atomic mass is 32.2. The molecule has 12 nitrogen and oxygen atoms in total. The molecule has 0 bridgehead atoms. The number of ether oxygens (including phenoxy) is 2. The molecule has 2 saturated carbocycles. The molecule has 8 rings (SSSR count). The Labute approximate surface area is 327 Å². The minimum absolute atomic E-state index is 0.106. The topological polar surface area (TPSA) is 147 Å². The van der Waals surface area contributed by atoms with Crippen molar-refractivity contribution in [3.63, 3.8) is 0 Å². The lowest BCUT2D eigenvalue weighted by Gasteiger charge is -2.37. The van der Waals surface area contributed by atoms with Crippen molar-refractivity contribution in [1.29, 1.82) is 0 Å². The zero-order valence-electron chi connectivity index (χ0n) is 31.4. The van der Waals surface area contributed by atoms with Gasteiger partial charge in [-0.25, -0.2) is 13.4 Å². The molecule has 56 heavy (non-hydrogen) atoms. The number of sulfonamides is 1. The summed E-state index contributed by atoms with van der Waals surface area (Å²) in [6.07, 6.45) is 5.25. The molecule has 1 aromatic heterocycles. The number of methoxy groups -OCH3 is 1. The fourth-order valence-electron chi connectivity index (χ4n) is 8.21. The fourth-order valence-corrected chi connectivity index (χ4v) is 9.57. The molecule has 292 valence electrons. The molecule has 4 fully saturated rings. The molecule has 4 aliphatic rings. The molecule has 4 aromatic rings. The van der Waals surface area contributed by atoms with E-state index in [4.69, 9.17) is 14.5 Å². The Bertz CT molecular complexity index is 2240. The summed E-state index contributed by atoms with van der Waals surface area (Å²) in [6, 6.07) is 25.2. The molecule has 3 heterocycles. The van der Waals surface area contributed by atoms with Gasteiger partial charge in [-0.2, -0.15) is 0 Å². The maximum atomic E-state index is 15.0. The van der Waals surface area contributed by atoms with Crippen LogP contribution in [0, 0.1) is 5.92 Å². The largest absolute Gasteiger partial charge is 0.497 e. The number of likely N-dealkylation sites (tertiary alicyclic amines) is 2. The monoisotopic (exact) mass is 777 g/mol. The number of hydrogen-bond donors (Lipinski definition) is 2. The van der Waals surface area contributed by atoms with Crippen LogP contribution in [0.1, 0.15) is 56.6 Å². The highest BCUT2D eigenvalue weighted by Crippen LogP contribution is 2.46. The van der Waals surface area contributed by atoms with Gasteiger partial charge in [-0.1, -0.05) is 73.2 Å². The van der Waals surface area contributed by atoms with Gasteiger partial charge >= 0.3 is 0 Å². The van der Waals surface area contributed by atoms with E-state index in [1.807, 2.05) is 84.9 Å². The van der Waals surface area contributed by atoms with Crippen molar-refractivity contribution in [2.45, 2.75) is 73.9 Å². The van der Waals surface area contributed by atoms with E-state index in [1.165, 1.54) is 0 Å². The number of amides is 3. The van der Waals surface area contributed by atoms with Crippen LogP contribution in [-0.2, 0) is 24.4 Å². The van der Waals surface area contributed by atoms with E-state index >= 15 is 4.79 Å². The van der Waals surface area contributed by atoms with Crippen LogP contribution in [0.5, 0.6) is 11.5 Å². The van der Waals surface area contributed by atoms with Gasteiger partial charge in [-0.15, -0.1) is 6.58 Å². The van der Waals surface area contributed by atoms with Gasteiger partial charge in [0.15, 0.2) is 0 Å². The minimum Gasteiger partial charge on any atom is -0.497 e. The van der Waals surface area contributed by atoms with E-state index in [0.29, 0.717) is 35.6 Å². The Morgan fingerprint density at radius 3 is 2.34 bits per heavy atom. The van der Waals surface area contributed by atoms with Crippen molar-refractivity contribution in [3.8, 4) is 22.8 Å². The molecule has 2 saturated heterocycles. The summed E-state index contributed by atoms with van der Waals surface area (Å²) in [5.74, 6) is -0.854. The summed E-state index contributed by atoms with van der Waals surface area (Å²) in [4.78, 5) is 52.0. The lowest BCUT2D eigenvalue weighted by Crippen LogP contribution is -2.57. The fraction of sp³-hybridized carbons (Fsp3) is 0.395. The van der Waals surface area contributed by atoms with Crippen LogP contribution < -0.4 is 19.5 Å². The van der Waals surface area contributed by atoms with Crippen LogP contribution >= 0.6 is 0 Å². The molecule has 0 radical (unpaired) electrons. The first-order valence-electron chi connectivity index (χ1n) is 19.4. The Balaban J connectivity index is 1.14. The van der Waals surface area contributed by atoms with Crippen LogP contribution in [0.15, 0.2) is 97.6 Å². The van der Waals surface area contributed by atoms with Crippen LogP contribution in [0.2, 0.25) is 0 Å². The number of pyridine rings is 1. The van der Waals surface area contributed by atoms with Crippen molar-refractivity contribution < 1.29 is 32.3 Å². The second-order valence-electron chi connectivity index (χ2n) is 15.3. The molecular weight excluding hydrogens is 731 g/mol. The summed E-state index contributed by atoms with van der Waals surface area (Å²) < 4.78 is 40.2. The van der Waals surface area contributed by atoms with E-state index in [9.17, 15) is 18.0 Å². The Hall–Kier alpha value is -5.27. The van der Waals surface area contributed by atoms with E-state index in [-0.39, 0.29) is 25.3 Å². The van der Waals surface area contributed by atoms with Crippen molar-refractivity contribution in [3.05, 3.63) is 103 Å². The number of carbonyl (C=O) groups is 3. The number of hydrogen-bond acceptors (Lipinski definition) is 9. The molecular formula is C43H47N5O7S. The second kappa shape index (κ2) is 15.3. The lowest BCUT2D eigenvalue weighted by atomic mass is 10.00. The third kappa shape index (κ3) is 7.49. The van der Waals surface area contributed by atoms with Crippen LogP contribution in [-0.4, -0.2) is 90.6 Å². The predicted molar refractivity (Wildman–Crippen MR) is 212 cm³/mol.